The van der Waals surface area contributed by atoms with Crippen LogP contribution in [0, 0.1) is 0 Å². The third kappa shape index (κ3) is 3.85. The number of carbonyl (C=O) groups is 1. The minimum Gasteiger partial charge on any atom is -0.397 e. The van der Waals surface area contributed by atoms with Crippen LogP contribution in [0.5, 0.6) is 0 Å². The molecule has 0 aliphatic heterocycles. The summed E-state index contributed by atoms with van der Waals surface area (Å²) in [5.41, 5.74) is 12.6. The number of hydrogen-bond acceptors (Lipinski definition) is 4. The highest BCUT2D eigenvalue weighted by molar-refractivity contribution is 7.99. The van der Waals surface area contributed by atoms with Gasteiger partial charge in [-0.3, -0.25) is 4.79 Å². The summed E-state index contributed by atoms with van der Waals surface area (Å²) >= 11 is 0.432. The summed E-state index contributed by atoms with van der Waals surface area (Å²) in [5, 5.41) is 2.95. The van der Waals surface area contributed by atoms with E-state index in [1.54, 1.807) is 24.3 Å². The number of nitrogens with one attached hydrogen (secondary N) is 1. The molecule has 0 aliphatic carbocycles. The van der Waals surface area contributed by atoms with E-state index in [1.165, 1.54) is 18.2 Å². The number of benzene rings is 2. The first-order valence-electron chi connectivity index (χ1n) is 5.97. The summed E-state index contributed by atoms with van der Waals surface area (Å²) in [4.78, 5) is 11.6. The number of halogens is 2. The average molecular weight is 309 g/mol. The van der Waals surface area contributed by atoms with Crippen molar-refractivity contribution >= 4 is 34.7 Å². The maximum atomic E-state index is 12.5. The van der Waals surface area contributed by atoms with Gasteiger partial charge in [-0.2, -0.15) is 8.78 Å². The molecular weight excluding hydrogens is 296 g/mol. The lowest BCUT2D eigenvalue weighted by Crippen LogP contribution is -2.11. The van der Waals surface area contributed by atoms with Crippen molar-refractivity contribution in [2.75, 3.05) is 11.1 Å². The molecule has 0 spiro atoms. The molecule has 2 aromatic carbocycles. The molecule has 110 valence electrons. The van der Waals surface area contributed by atoms with Gasteiger partial charge in [0, 0.05) is 10.5 Å². The normalized spacial score (nSPS) is 10.6. The summed E-state index contributed by atoms with van der Waals surface area (Å²) in [5.74, 6) is -3.12. The Kier molecular flexibility index (Phi) is 4.64. The molecule has 0 fully saturated rings. The fourth-order valence-corrected chi connectivity index (χ4v) is 2.33. The van der Waals surface area contributed by atoms with Crippen LogP contribution in [0.3, 0.4) is 0 Å². The second-order valence-corrected chi connectivity index (χ2v) is 5.20. The Balaban J connectivity index is 2.34. The molecule has 0 bridgehead atoms. The van der Waals surface area contributed by atoms with E-state index >= 15 is 0 Å². The molecule has 2 rings (SSSR count). The van der Waals surface area contributed by atoms with Gasteiger partial charge in [-0.05, 0) is 30.3 Å². The summed E-state index contributed by atoms with van der Waals surface area (Å²) < 4.78 is 25.1. The van der Waals surface area contributed by atoms with E-state index < -0.39 is 11.7 Å². The largest absolute Gasteiger partial charge is 0.397 e. The van der Waals surface area contributed by atoms with E-state index in [2.05, 4.69) is 5.32 Å². The summed E-state index contributed by atoms with van der Waals surface area (Å²) in [7, 11) is 0. The Hall–Kier alpha value is -2.28. The minimum atomic E-state index is -2.53. The zero-order valence-electron chi connectivity index (χ0n) is 10.8. The first kappa shape index (κ1) is 15.1. The van der Waals surface area contributed by atoms with Crippen LogP contribution >= 0.6 is 11.8 Å². The molecular formula is C14H13F2N3OS. The molecule has 7 heteroatoms. The smallest absolute Gasteiger partial charge is 0.288 e. The molecule has 0 saturated heterocycles. The van der Waals surface area contributed by atoms with Gasteiger partial charge in [-0.25, -0.2) is 0 Å². The third-order valence-electron chi connectivity index (χ3n) is 2.71. The van der Waals surface area contributed by atoms with Gasteiger partial charge < -0.3 is 16.8 Å². The highest BCUT2D eigenvalue weighted by atomic mass is 32.2. The first-order valence-corrected chi connectivity index (χ1v) is 6.85. The van der Waals surface area contributed by atoms with Crippen LogP contribution in [0.25, 0.3) is 0 Å². The number of alkyl halides is 2. The maximum absolute atomic E-state index is 12.5. The number of nitrogens with two attached hydrogens (primary N) is 2. The quantitative estimate of drug-likeness (QED) is 0.584. The van der Waals surface area contributed by atoms with E-state index in [0.717, 1.165) is 0 Å². The van der Waals surface area contributed by atoms with Crippen LogP contribution in [0.2, 0.25) is 0 Å². The van der Waals surface area contributed by atoms with Crippen LogP contribution in [-0.2, 0) is 0 Å². The van der Waals surface area contributed by atoms with E-state index in [9.17, 15) is 13.6 Å². The molecule has 0 atom stereocenters. The molecule has 0 saturated carbocycles. The van der Waals surface area contributed by atoms with Gasteiger partial charge in [0.2, 0.25) is 5.91 Å². The Bertz CT molecular complexity index is 664. The fourth-order valence-electron chi connectivity index (χ4n) is 1.73. The Morgan fingerprint density at radius 1 is 1.14 bits per heavy atom. The molecule has 0 radical (unpaired) electrons. The van der Waals surface area contributed by atoms with Crippen molar-refractivity contribution in [3.63, 3.8) is 0 Å². The monoisotopic (exact) mass is 309 g/mol. The van der Waals surface area contributed by atoms with Crippen LogP contribution in [0.15, 0.2) is 47.4 Å². The van der Waals surface area contributed by atoms with E-state index in [0.29, 0.717) is 33.7 Å². The van der Waals surface area contributed by atoms with Crippen molar-refractivity contribution < 1.29 is 13.6 Å². The Morgan fingerprint density at radius 2 is 1.86 bits per heavy atom. The molecule has 0 heterocycles. The Labute approximate surface area is 124 Å². The standard InChI is InChI=1S/C14H13F2N3OS/c15-14(16)21-12-4-2-1-3-10(12)19-11-7-8(13(18)20)5-6-9(11)17/h1-7,14,19H,17H2,(H2,18,20). The van der Waals surface area contributed by atoms with Crippen molar-refractivity contribution in [3.8, 4) is 0 Å². The van der Waals surface area contributed by atoms with Crippen molar-refractivity contribution in [2.45, 2.75) is 10.7 Å². The van der Waals surface area contributed by atoms with Crippen molar-refractivity contribution in [1.29, 1.82) is 0 Å². The number of amides is 1. The Morgan fingerprint density at radius 3 is 2.52 bits per heavy atom. The summed E-state index contributed by atoms with van der Waals surface area (Å²) in [6.07, 6.45) is 0. The number of rotatable bonds is 5. The van der Waals surface area contributed by atoms with Gasteiger partial charge in [0.15, 0.2) is 0 Å². The number of nitrogen functional groups attached to an aromatic ring is 1. The number of para-hydroxylation sites is 1. The highest BCUT2D eigenvalue weighted by Crippen LogP contribution is 2.34. The number of primary amides is 1. The van der Waals surface area contributed by atoms with Gasteiger partial charge in [0.25, 0.3) is 5.76 Å². The van der Waals surface area contributed by atoms with Gasteiger partial charge in [0.05, 0.1) is 17.1 Å². The van der Waals surface area contributed by atoms with Crippen molar-refractivity contribution in [1.82, 2.24) is 0 Å². The molecule has 1 amide bonds. The minimum absolute atomic E-state index is 0.283. The third-order valence-corrected chi connectivity index (χ3v) is 3.50. The summed E-state index contributed by atoms with van der Waals surface area (Å²) in [6, 6.07) is 11.1. The van der Waals surface area contributed by atoms with Crippen LogP contribution in [0.4, 0.5) is 25.8 Å². The second-order valence-electron chi connectivity index (χ2n) is 4.17. The molecule has 2 aromatic rings. The predicted octanol–water partition coefficient (Wildman–Crippen LogP) is 3.43. The van der Waals surface area contributed by atoms with Gasteiger partial charge >= 0.3 is 0 Å². The lowest BCUT2D eigenvalue weighted by molar-refractivity contribution is 0.100. The molecule has 5 N–H and O–H groups in total. The summed E-state index contributed by atoms with van der Waals surface area (Å²) in [6.45, 7) is 0. The van der Waals surface area contributed by atoms with Gasteiger partial charge in [-0.1, -0.05) is 23.9 Å². The van der Waals surface area contributed by atoms with E-state index in [4.69, 9.17) is 11.5 Å². The van der Waals surface area contributed by atoms with Gasteiger partial charge in [0.1, 0.15) is 0 Å². The number of thioether (sulfide) groups is 1. The lowest BCUT2D eigenvalue weighted by atomic mass is 10.1. The molecule has 4 nitrogen and oxygen atoms in total. The lowest BCUT2D eigenvalue weighted by Gasteiger charge is -2.13. The molecule has 0 aliphatic rings. The highest BCUT2D eigenvalue weighted by Gasteiger charge is 2.11. The SMILES string of the molecule is NC(=O)c1ccc(N)c(Nc2ccccc2SC(F)F)c1. The first-order chi connectivity index (χ1) is 9.97. The zero-order valence-corrected chi connectivity index (χ0v) is 11.7. The topological polar surface area (TPSA) is 81.1 Å². The van der Waals surface area contributed by atoms with E-state index in [-0.39, 0.29) is 5.56 Å². The molecule has 0 unspecified atom stereocenters. The van der Waals surface area contributed by atoms with Crippen molar-refractivity contribution in [2.24, 2.45) is 5.73 Å². The number of hydrogen-bond donors (Lipinski definition) is 3. The van der Waals surface area contributed by atoms with Crippen LogP contribution < -0.4 is 16.8 Å². The molecule has 21 heavy (non-hydrogen) atoms. The number of anilines is 3. The zero-order chi connectivity index (χ0) is 15.4. The fraction of sp³-hybridized carbons (Fsp3) is 0.0714. The average Bonchev–Trinajstić information content (AvgIpc) is 2.42. The van der Waals surface area contributed by atoms with Crippen molar-refractivity contribution in [3.05, 3.63) is 48.0 Å². The predicted molar refractivity (Wildman–Crippen MR) is 81.0 cm³/mol. The maximum Gasteiger partial charge on any atom is 0.288 e. The van der Waals surface area contributed by atoms with Crippen LogP contribution in [-0.4, -0.2) is 11.7 Å². The van der Waals surface area contributed by atoms with E-state index in [1.807, 2.05) is 0 Å². The van der Waals surface area contributed by atoms with Gasteiger partial charge in [-0.15, -0.1) is 0 Å². The van der Waals surface area contributed by atoms with Crippen LogP contribution in [0.1, 0.15) is 10.4 Å². The molecule has 0 aromatic heterocycles. The number of carbonyl (C=O) groups excluding carboxylic acids is 1. The second kappa shape index (κ2) is 6.45.